The quantitative estimate of drug-likeness (QED) is 0.0343. The van der Waals surface area contributed by atoms with Crippen molar-refractivity contribution in [1.82, 2.24) is 0 Å². The lowest BCUT2D eigenvalue weighted by Crippen LogP contribution is -2.30. The molecule has 0 rings (SSSR count). The minimum atomic E-state index is -0.763. The Balaban J connectivity index is 4.20. The van der Waals surface area contributed by atoms with Crippen LogP contribution >= 0.6 is 0 Å². The van der Waals surface area contributed by atoms with Gasteiger partial charge < -0.3 is 14.2 Å². The van der Waals surface area contributed by atoms with Crippen molar-refractivity contribution < 1.29 is 28.6 Å². The molecule has 6 nitrogen and oxygen atoms in total. The summed E-state index contributed by atoms with van der Waals surface area (Å²) in [7, 11) is 0. The van der Waals surface area contributed by atoms with E-state index in [0.717, 1.165) is 57.8 Å². The van der Waals surface area contributed by atoms with Gasteiger partial charge >= 0.3 is 17.9 Å². The smallest absolute Gasteiger partial charge is 0.306 e. The Hall–Kier alpha value is -1.59. The number of hydrogen-bond acceptors (Lipinski definition) is 6. The maximum absolute atomic E-state index is 12.9. The van der Waals surface area contributed by atoms with Gasteiger partial charge in [-0.05, 0) is 19.3 Å². The zero-order valence-corrected chi connectivity index (χ0v) is 52.8. The van der Waals surface area contributed by atoms with Gasteiger partial charge in [-0.1, -0.05) is 380 Å². The van der Waals surface area contributed by atoms with Gasteiger partial charge in [0.15, 0.2) is 6.10 Å². The monoisotopic (exact) mass is 1090 g/mol. The topological polar surface area (TPSA) is 78.9 Å². The van der Waals surface area contributed by atoms with Crippen LogP contribution in [0.4, 0.5) is 0 Å². The normalized spacial score (nSPS) is 11.9. The second kappa shape index (κ2) is 66.9. The van der Waals surface area contributed by atoms with Crippen molar-refractivity contribution in [1.29, 1.82) is 0 Å². The Morgan fingerprint density at radius 1 is 0.208 bits per heavy atom. The molecular formula is C71H138O6. The molecule has 0 aromatic heterocycles. The predicted molar refractivity (Wildman–Crippen MR) is 335 cm³/mol. The van der Waals surface area contributed by atoms with Gasteiger partial charge in [-0.2, -0.15) is 0 Å². The highest BCUT2D eigenvalue weighted by Crippen LogP contribution is 2.19. The van der Waals surface area contributed by atoms with E-state index in [2.05, 4.69) is 20.8 Å². The molecule has 0 spiro atoms. The van der Waals surface area contributed by atoms with Crippen LogP contribution in [0.3, 0.4) is 0 Å². The van der Waals surface area contributed by atoms with Crippen LogP contribution in [-0.2, 0) is 28.6 Å². The van der Waals surface area contributed by atoms with Crippen LogP contribution in [0.1, 0.15) is 419 Å². The van der Waals surface area contributed by atoms with Gasteiger partial charge in [0.2, 0.25) is 0 Å². The van der Waals surface area contributed by atoms with Crippen LogP contribution in [0.25, 0.3) is 0 Å². The minimum absolute atomic E-state index is 0.0601. The summed E-state index contributed by atoms with van der Waals surface area (Å²) in [5.74, 6) is -0.819. The van der Waals surface area contributed by atoms with Crippen LogP contribution in [-0.4, -0.2) is 37.2 Å². The molecule has 0 fully saturated rings. The molecule has 1 unspecified atom stereocenters. The summed E-state index contributed by atoms with van der Waals surface area (Å²) in [4.78, 5) is 38.4. The lowest BCUT2D eigenvalue weighted by molar-refractivity contribution is -0.167. The fourth-order valence-corrected chi connectivity index (χ4v) is 11.3. The fourth-order valence-electron chi connectivity index (χ4n) is 11.3. The van der Waals surface area contributed by atoms with E-state index in [-0.39, 0.29) is 31.1 Å². The molecule has 6 heteroatoms. The van der Waals surface area contributed by atoms with Crippen molar-refractivity contribution >= 4 is 17.9 Å². The van der Waals surface area contributed by atoms with Crippen LogP contribution in [0.2, 0.25) is 0 Å². The maximum Gasteiger partial charge on any atom is 0.306 e. The van der Waals surface area contributed by atoms with Crippen molar-refractivity contribution in [2.45, 2.75) is 425 Å². The lowest BCUT2D eigenvalue weighted by Gasteiger charge is -2.18. The molecule has 0 aliphatic rings. The maximum atomic E-state index is 12.9. The molecule has 0 radical (unpaired) electrons. The molecule has 0 saturated carbocycles. The first-order valence-corrected chi connectivity index (χ1v) is 35.5. The molecule has 0 aromatic rings. The van der Waals surface area contributed by atoms with Crippen molar-refractivity contribution in [3.63, 3.8) is 0 Å². The van der Waals surface area contributed by atoms with Gasteiger partial charge in [0, 0.05) is 19.3 Å². The van der Waals surface area contributed by atoms with E-state index >= 15 is 0 Å². The predicted octanol–water partition coefficient (Wildman–Crippen LogP) is 24.2. The summed E-state index contributed by atoms with van der Waals surface area (Å²) < 4.78 is 17.0. The van der Waals surface area contributed by atoms with E-state index in [4.69, 9.17) is 14.2 Å². The van der Waals surface area contributed by atoms with E-state index in [9.17, 15) is 14.4 Å². The molecule has 0 bridgehead atoms. The van der Waals surface area contributed by atoms with E-state index < -0.39 is 6.10 Å². The second-order valence-electron chi connectivity index (χ2n) is 24.5. The Morgan fingerprint density at radius 3 is 0.519 bits per heavy atom. The third-order valence-corrected chi connectivity index (χ3v) is 16.6. The van der Waals surface area contributed by atoms with Crippen LogP contribution in [0, 0.1) is 0 Å². The first-order chi connectivity index (χ1) is 38.0. The average molecular weight is 1090 g/mol. The Morgan fingerprint density at radius 2 is 0.351 bits per heavy atom. The standard InChI is InChI=1S/C71H138O6/c1-4-7-10-13-16-19-22-25-28-30-32-34-35-36-37-38-40-41-43-46-49-52-55-58-61-64-70(73)76-67-68(66-75-69(72)63-60-57-54-51-48-45-27-24-21-18-15-12-9-6-3)77-71(74)65-62-59-56-53-50-47-44-42-39-33-31-29-26-23-20-17-14-11-8-5-2/h68H,4-67H2,1-3H3. The first-order valence-electron chi connectivity index (χ1n) is 35.5. The van der Waals surface area contributed by atoms with Gasteiger partial charge in [0.25, 0.3) is 0 Å². The largest absolute Gasteiger partial charge is 0.462 e. The van der Waals surface area contributed by atoms with Crippen molar-refractivity contribution in [2.75, 3.05) is 13.2 Å². The van der Waals surface area contributed by atoms with Gasteiger partial charge in [-0.3, -0.25) is 14.4 Å². The van der Waals surface area contributed by atoms with Gasteiger partial charge in [-0.15, -0.1) is 0 Å². The average Bonchev–Trinajstić information content (AvgIpc) is 3.43. The second-order valence-corrected chi connectivity index (χ2v) is 24.5. The number of unbranched alkanes of at least 4 members (excludes halogenated alkanes) is 56. The van der Waals surface area contributed by atoms with E-state index in [0.29, 0.717) is 19.3 Å². The molecular weight excluding hydrogens is 949 g/mol. The molecule has 458 valence electrons. The molecule has 1 atom stereocenters. The fraction of sp³-hybridized carbons (Fsp3) is 0.958. The lowest BCUT2D eigenvalue weighted by atomic mass is 10.0. The summed E-state index contributed by atoms with van der Waals surface area (Å²) in [5, 5.41) is 0. The van der Waals surface area contributed by atoms with Gasteiger partial charge in [-0.25, -0.2) is 0 Å². The van der Waals surface area contributed by atoms with Crippen molar-refractivity contribution in [3.05, 3.63) is 0 Å². The third-order valence-electron chi connectivity index (χ3n) is 16.6. The Labute approximate surface area is 482 Å². The number of ether oxygens (including phenoxy) is 3. The van der Waals surface area contributed by atoms with Crippen molar-refractivity contribution in [2.24, 2.45) is 0 Å². The highest BCUT2D eigenvalue weighted by atomic mass is 16.6. The van der Waals surface area contributed by atoms with E-state index in [1.54, 1.807) is 0 Å². The summed E-state index contributed by atoms with van der Waals surface area (Å²) in [6, 6.07) is 0. The van der Waals surface area contributed by atoms with E-state index in [1.807, 2.05) is 0 Å². The zero-order chi connectivity index (χ0) is 55.7. The number of rotatable bonds is 67. The van der Waals surface area contributed by atoms with Crippen molar-refractivity contribution in [3.8, 4) is 0 Å². The molecule has 0 saturated heterocycles. The summed E-state index contributed by atoms with van der Waals surface area (Å²) in [6.07, 6.45) is 78.5. The minimum Gasteiger partial charge on any atom is -0.462 e. The number of hydrogen-bond donors (Lipinski definition) is 0. The number of carbonyl (C=O) groups is 3. The Bertz CT molecular complexity index is 1160. The first kappa shape index (κ1) is 75.4. The molecule has 0 heterocycles. The highest BCUT2D eigenvalue weighted by Gasteiger charge is 2.19. The van der Waals surface area contributed by atoms with Crippen LogP contribution < -0.4 is 0 Å². The third kappa shape index (κ3) is 65.1. The SMILES string of the molecule is CCCCCCCCCCCCCCCCCCCCCCCCCCCC(=O)OCC(COC(=O)CCCCCCCCCCCCCCCC)OC(=O)CCCCCCCCCCCCCCCCCCCCCC. The number of carbonyl (C=O) groups excluding carboxylic acids is 3. The summed E-state index contributed by atoms with van der Waals surface area (Å²) in [6.45, 7) is 6.75. The van der Waals surface area contributed by atoms with Crippen LogP contribution in [0.15, 0.2) is 0 Å². The van der Waals surface area contributed by atoms with Gasteiger partial charge in [0.05, 0.1) is 0 Å². The summed E-state index contributed by atoms with van der Waals surface area (Å²) in [5.41, 5.74) is 0. The van der Waals surface area contributed by atoms with E-state index in [1.165, 1.54) is 321 Å². The van der Waals surface area contributed by atoms with Crippen LogP contribution in [0.5, 0.6) is 0 Å². The molecule has 0 N–H and O–H groups in total. The highest BCUT2D eigenvalue weighted by molar-refractivity contribution is 5.71. The zero-order valence-electron chi connectivity index (χ0n) is 52.8. The molecule has 0 aromatic carbocycles. The summed E-state index contributed by atoms with van der Waals surface area (Å²) >= 11 is 0. The molecule has 0 aliphatic heterocycles. The molecule has 0 amide bonds. The Kier molecular flexibility index (Phi) is 65.5. The molecule has 0 aliphatic carbocycles. The van der Waals surface area contributed by atoms with Gasteiger partial charge in [0.1, 0.15) is 13.2 Å². The molecule has 77 heavy (non-hydrogen) atoms. The number of esters is 3.